The first kappa shape index (κ1) is 22.9. The predicted molar refractivity (Wildman–Crippen MR) is 120 cm³/mol. The van der Waals surface area contributed by atoms with Gasteiger partial charge in [0.05, 0.1) is 7.11 Å². The highest BCUT2D eigenvalue weighted by Crippen LogP contribution is 2.40. The van der Waals surface area contributed by atoms with Crippen molar-refractivity contribution in [3.8, 4) is 5.75 Å². The number of halogens is 1. The Balaban J connectivity index is 2.47. The summed E-state index contributed by atoms with van der Waals surface area (Å²) in [6.07, 6.45) is 3.29. The van der Waals surface area contributed by atoms with Crippen LogP contribution in [0.1, 0.15) is 78.9 Å². The van der Waals surface area contributed by atoms with Gasteiger partial charge in [-0.3, -0.25) is 9.59 Å². The number of hydrogen-bond donors (Lipinski definition) is 0. The third-order valence-electron chi connectivity index (χ3n) is 4.76. The summed E-state index contributed by atoms with van der Waals surface area (Å²) in [6.45, 7) is 12.7. The van der Waals surface area contributed by atoms with Crippen LogP contribution in [0.25, 0.3) is 6.08 Å². The van der Waals surface area contributed by atoms with Crippen LogP contribution in [0.3, 0.4) is 0 Å². The van der Waals surface area contributed by atoms with E-state index < -0.39 is 5.24 Å². The van der Waals surface area contributed by atoms with Crippen molar-refractivity contribution in [2.75, 3.05) is 7.11 Å². The van der Waals surface area contributed by atoms with Crippen LogP contribution in [-0.4, -0.2) is 18.1 Å². The summed E-state index contributed by atoms with van der Waals surface area (Å²) in [5.74, 6) is 0.757. The molecule has 0 aliphatic rings. The van der Waals surface area contributed by atoms with Gasteiger partial charge in [-0.15, -0.1) is 0 Å². The van der Waals surface area contributed by atoms with E-state index in [0.29, 0.717) is 11.1 Å². The second-order valence-corrected chi connectivity index (χ2v) is 9.54. The number of hydrogen-bond acceptors (Lipinski definition) is 3. The third kappa shape index (κ3) is 5.57. The molecule has 0 unspecified atom stereocenters. The van der Waals surface area contributed by atoms with E-state index in [4.69, 9.17) is 16.3 Å². The van der Waals surface area contributed by atoms with E-state index in [0.717, 1.165) is 22.4 Å². The highest BCUT2D eigenvalue weighted by molar-refractivity contribution is 6.67. The van der Waals surface area contributed by atoms with Crippen LogP contribution >= 0.6 is 11.6 Å². The Hall–Kier alpha value is -2.39. The van der Waals surface area contributed by atoms with Crippen LogP contribution in [0, 0.1) is 0 Å². The topological polar surface area (TPSA) is 43.4 Å². The summed E-state index contributed by atoms with van der Waals surface area (Å²) in [4.78, 5) is 24.1. The van der Waals surface area contributed by atoms with Crippen LogP contribution in [0.5, 0.6) is 5.75 Å². The van der Waals surface area contributed by atoms with Crippen molar-refractivity contribution < 1.29 is 14.3 Å². The lowest BCUT2D eigenvalue weighted by atomic mass is 9.78. The summed E-state index contributed by atoms with van der Waals surface area (Å²) >= 11 is 5.47. The normalized spacial score (nSPS) is 12.3. The fourth-order valence-electron chi connectivity index (χ4n) is 3.10. The number of rotatable bonds is 5. The third-order valence-corrected chi connectivity index (χ3v) is 4.98. The van der Waals surface area contributed by atoms with Gasteiger partial charge in [-0.25, -0.2) is 0 Å². The maximum absolute atomic E-state index is 12.9. The van der Waals surface area contributed by atoms with Crippen LogP contribution in [0.15, 0.2) is 42.5 Å². The number of carbonyl (C=O) groups is 2. The van der Waals surface area contributed by atoms with Crippen LogP contribution in [0.2, 0.25) is 0 Å². The number of allylic oxidation sites excluding steroid dienone is 1. The molecule has 0 bridgehead atoms. The molecule has 29 heavy (non-hydrogen) atoms. The lowest BCUT2D eigenvalue weighted by Crippen LogP contribution is -2.20. The molecule has 0 spiro atoms. The zero-order chi connectivity index (χ0) is 22.0. The number of ketones is 1. The van der Waals surface area contributed by atoms with Crippen LogP contribution < -0.4 is 4.74 Å². The van der Waals surface area contributed by atoms with Crippen molar-refractivity contribution in [3.63, 3.8) is 0 Å². The largest absolute Gasteiger partial charge is 0.496 e. The Morgan fingerprint density at radius 2 is 1.34 bits per heavy atom. The zero-order valence-electron chi connectivity index (χ0n) is 18.2. The molecule has 3 nitrogen and oxygen atoms in total. The van der Waals surface area contributed by atoms with E-state index >= 15 is 0 Å². The smallest absolute Gasteiger partial charge is 0.252 e. The minimum absolute atomic E-state index is 0.0823. The first-order valence-electron chi connectivity index (χ1n) is 9.60. The average molecular weight is 413 g/mol. The molecule has 0 aliphatic carbocycles. The molecule has 0 N–H and O–H groups in total. The minimum atomic E-state index is -0.501. The van der Waals surface area contributed by atoms with Gasteiger partial charge in [-0.2, -0.15) is 0 Å². The van der Waals surface area contributed by atoms with Crippen molar-refractivity contribution in [2.45, 2.75) is 52.4 Å². The highest BCUT2D eigenvalue weighted by atomic mass is 35.5. The fraction of sp³-hybridized carbons (Fsp3) is 0.360. The monoisotopic (exact) mass is 412 g/mol. The highest BCUT2D eigenvalue weighted by Gasteiger charge is 2.28. The molecule has 0 amide bonds. The molecule has 0 saturated carbocycles. The summed E-state index contributed by atoms with van der Waals surface area (Å²) in [7, 11) is 1.68. The van der Waals surface area contributed by atoms with Crippen molar-refractivity contribution in [2.24, 2.45) is 0 Å². The Bertz CT molecular complexity index is 905. The van der Waals surface area contributed by atoms with Gasteiger partial charge >= 0.3 is 0 Å². The number of benzene rings is 2. The summed E-state index contributed by atoms with van der Waals surface area (Å²) < 4.78 is 5.76. The lowest BCUT2D eigenvalue weighted by molar-refractivity contribution is 0.104. The van der Waals surface area contributed by atoms with Gasteiger partial charge < -0.3 is 4.74 Å². The maximum atomic E-state index is 12.9. The van der Waals surface area contributed by atoms with Gasteiger partial charge in [0, 0.05) is 22.3 Å². The second-order valence-electron chi connectivity index (χ2n) is 9.20. The summed E-state index contributed by atoms with van der Waals surface area (Å²) in [5.41, 5.74) is 3.55. The van der Waals surface area contributed by atoms with E-state index in [9.17, 15) is 9.59 Å². The molecule has 0 fully saturated rings. The molecule has 2 aromatic rings. The Morgan fingerprint density at radius 1 is 0.862 bits per heavy atom. The van der Waals surface area contributed by atoms with Gasteiger partial charge in [-0.05, 0) is 58.3 Å². The minimum Gasteiger partial charge on any atom is -0.496 e. The van der Waals surface area contributed by atoms with E-state index in [-0.39, 0.29) is 16.6 Å². The van der Waals surface area contributed by atoms with E-state index in [1.54, 1.807) is 43.5 Å². The van der Waals surface area contributed by atoms with Crippen molar-refractivity contribution in [1.29, 1.82) is 0 Å². The average Bonchev–Trinajstić information content (AvgIpc) is 2.63. The fourth-order valence-corrected chi connectivity index (χ4v) is 3.22. The quantitative estimate of drug-likeness (QED) is 0.317. The van der Waals surface area contributed by atoms with Gasteiger partial charge in [0.25, 0.3) is 5.24 Å². The van der Waals surface area contributed by atoms with Crippen molar-refractivity contribution >= 4 is 28.7 Å². The first-order valence-corrected chi connectivity index (χ1v) is 9.97. The molecule has 2 aromatic carbocycles. The Morgan fingerprint density at radius 3 is 1.72 bits per heavy atom. The number of ether oxygens (including phenoxy) is 1. The van der Waals surface area contributed by atoms with Gasteiger partial charge in [0.1, 0.15) is 5.75 Å². The van der Waals surface area contributed by atoms with Crippen LogP contribution in [0.4, 0.5) is 0 Å². The van der Waals surface area contributed by atoms with Crippen LogP contribution in [-0.2, 0) is 10.8 Å². The molecule has 0 heterocycles. The first-order chi connectivity index (χ1) is 13.3. The molecule has 4 heteroatoms. The van der Waals surface area contributed by atoms with E-state index in [1.165, 1.54) is 0 Å². The summed E-state index contributed by atoms with van der Waals surface area (Å²) in [6, 6.07) is 10.7. The number of carbonyl (C=O) groups excluding carboxylic acids is 2. The molecule has 0 radical (unpaired) electrons. The number of methoxy groups -OCH3 is 1. The Labute approximate surface area is 178 Å². The molecule has 2 rings (SSSR count). The predicted octanol–water partition coefficient (Wildman–Crippen LogP) is 6.57. The van der Waals surface area contributed by atoms with Crippen molar-refractivity contribution in [1.82, 2.24) is 0 Å². The second kappa shape index (κ2) is 8.54. The Kier molecular flexibility index (Phi) is 6.74. The zero-order valence-corrected chi connectivity index (χ0v) is 19.0. The molecule has 154 valence electrons. The van der Waals surface area contributed by atoms with E-state index in [1.807, 2.05) is 12.1 Å². The van der Waals surface area contributed by atoms with Crippen molar-refractivity contribution in [3.05, 3.63) is 70.3 Å². The molecule has 0 atom stereocenters. The lowest BCUT2D eigenvalue weighted by Gasteiger charge is -2.29. The molecular formula is C25H29ClO3. The SMILES string of the molecule is COc1c(C(C)(C)C)cc(C(=O)C=Cc2ccc(C(=O)Cl)cc2)cc1C(C)(C)C. The maximum Gasteiger partial charge on any atom is 0.252 e. The summed E-state index contributed by atoms with van der Waals surface area (Å²) in [5, 5.41) is -0.501. The standard InChI is InChI=1S/C25H29ClO3/c1-24(2,3)19-14-18(15-20(22(19)29-7)25(4,5)6)21(27)13-10-16-8-11-17(12-9-16)23(26)28/h8-15H,1-7H3. The molecule has 0 aliphatic heterocycles. The molecule has 0 aromatic heterocycles. The van der Waals surface area contributed by atoms with E-state index in [2.05, 4.69) is 41.5 Å². The molecule has 0 saturated heterocycles. The van der Waals surface area contributed by atoms with Gasteiger partial charge in [0.2, 0.25) is 0 Å². The molecular weight excluding hydrogens is 384 g/mol. The van der Waals surface area contributed by atoms with Gasteiger partial charge in [0.15, 0.2) is 5.78 Å². The van der Waals surface area contributed by atoms with Gasteiger partial charge in [-0.1, -0.05) is 59.8 Å².